The van der Waals surface area contributed by atoms with Crippen LogP contribution in [0.4, 0.5) is 0 Å². The van der Waals surface area contributed by atoms with Crippen LogP contribution in [0.3, 0.4) is 0 Å². The minimum atomic E-state index is -0.0968. The fourth-order valence-corrected chi connectivity index (χ4v) is 7.95. The lowest BCUT2D eigenvalue weighted by atomic mass is 9.45. The number of furan rings is 1. The molecule has 3 fully saturated rings. The molecule has 28 heavy (non-hydrogen) atoms. The van der Waals surface area contributed by atoms with Crippen LogP contribution >= 0.6 is 0 Å². The summed E-state index contributed by atoms with van der Waals surface area (Å²) >= 11 is 0. The third-order valence-electron chi connectivity index (χ3n) is 9.68. The van der Waals surface area contributed by atoms with Gasteiger partial charge >= 0.3 is 0 Å². The number of carbonyl (C=O) groups excluding carboxylic acids is 1. The Morgan fingerprint density at radius 3 is 2.61 bits per heavy atom. The van der Waals surface area contributed by atoms with Gasteiger partial charge in [-0.15, -0.1) is 0 Å². The molecule has 0 aromatic carbocycles. The highest BCUT2D eigenvalue weighted by atomic mass is 16.3. The summed E-state index contributed by atoms with van der Waals surface area (Å²) in [4.78, 5) is 12.5. The minimum Gasteiger partial charge on any atom is -0.458 e. The van der Waals surface area contributed by atoms with Crippen LogP contribution in [0.15, 0.2) is 10.5 Å². The predicted octanol–water partition coefficient (Wildman–Crippen LogP) is 5.44. The molecule has 3 saturated carbocycles. The van der Waals surface area contributed by atoms with Gasteiger partial charge in [0, 0.05) is 12.3 Å². The maximum absolute atomic E-state index is 12.5. The van der Waals surface area contributed by atoms with Crippen molar-refractivity contribution in [3.8, 4) is 0 Å². The van der Waals surface area contributed by atoms with E-state index >= 15 is 0 Å². The molecule has 0 saturated heterocycles. The SMILES string of the molecule is CC(C)C(=O)c1cc2c(o1)C[C@@H]1CCC3C4CC[C@H](O)[C@@]4(C)CCC3[C@@]1(C)C2. The van der Waals surface area contributed by atoms with Gasteiger partial charge in [0.2, 0.25) is 5.78 Å². The lowest BCUT2D eigenvalue weighted by Crippen LogP contribution is -2.54. The van der Waals surface area contributed by atoms with Crippen LogP contribution < -0.4 is 0 Å². The van der Waals surface area contributed by atoms with E-state index in [1.54, 1.807) is 0 Å². The topological polar surface area (TPSA) is 50.4 Å². The molecule has 1 aromatic rings. The zero-order valence-corrected chi connectivity index (χ0v) is 18.0. The van der Waals surface area contributed by atoms with E-state index in [-0.39, 0.29) is 23.2 Å². The molecule has 1 heterocycles. The van der Waals surface area contributed by atoms with Gasteiger partial charge in [0.15, 0.2) is 5.76 Å². The molecular formula is C25H36O3. The van der Waals surface area contributed by atoms with Crippen LogP contribution in [0.1, 0.15) is 88.1 Å². The summed E-state index contributed by atoms with van der Waals surface area (Å²) in [5.74, 6) is 4.67. The van der Waals surface area contributed by atoms with Crippen molar-refractivity contribution >= 4 is 5.78 Å². The van der Waals surface area contributed by atoms with E-state index in [0.717, 1.165) is 36.9 Å². The first-order valence-electron chi connectivity index (χ1n) is 11.6. The molecular weight excluding hydrogens is 348 g/mol. The monoisotopic (exact) mass is 384 g/mol. The van der Waals surface area contributed by atoms with Gasteiger partial charge in [0.05, 0.1) is 6.10 Å². The molecule has 5 rings (SSSR count). The molecule has 4 aliphatic carbocycles. The van der Waals surface area contributed by atoms with Crippen LogP contribution in [0.25, 0.3) is 0 Å². The van der Waals surface area contributed by atoms with Crippen molar-refractivity contribution in [2.75, 3.05) is 0 Å². The highest BCUT2D eigenvalue weighted by Crippen LogP contribution is 2.65. The highest BCUT2D eigenvalue weighted by Gasteiger charge is 2.60. The van der Waals surface area contributed by atoms with Crippen LogP contribution in [0, 0.1) is 40.4 Å². The smallest absolute Gasteiger partial charge is 0.200 e. The fourth-order valence-electron chi connectivity index (χ4n) is 7.95. The van der Waals surface area contributed by atoms with Crippen molar-refractivity contribution in [2.45, 2.75) is 85.2 Å². The first kappa shape index (κ1) is 18.9. The van der Waals surface area contributed by atoms with Gasteiger partial charge < -0.3 is 9.52 Å². The molecule has 1 N–H and O–H groups in total. The van der Waals surface area contributed by atoms with E-state index in [9.17, 15) is 9.90 Å². The Balaban J connectivity index is 1.45. The van der Waals surface area contributed by atoms with E-state index in [1.165, 1.54) is 37.7 Å². The van der Waals surface area contributed by atoms with Crippen molar-refractivity contribution in [2.24, 2.45) is 40.4 Å². The number of rotatable bonds is 2. The minimum absolute atomic E-state index is 0.0142. The van der Waals surface area contributed by atoms with Gasteiger partial charge in [-0.1, -0.05) is 27.7 Å². The molecule has 0 radical (unpaired) electrons. The molecule has 154 valence electrons. The molecule has 1 aromatic heterocycles. The van der Waals surface area contributed by atoms with Crippen molar-refractivity contribution < 1.29 is 14.3 Å². The fraction of sp³-hybridized carbons (Fsp3) is 0.800. The maximum atomic E-state index is 12.5. The van der Waals surface area contributed by atoms with E-state index in [4.69, 9.17) is 4.42 Å². The molecule has 3 heteroatoms. The summed E-state index contributed by atoms with van der Waals surface area (Å²) in [6, 6.07) is 2.06. The van der Waals surface area contributed by atoms with Gasteiger partial charge in [-0.25, -0.2) is 0 Å². The van der Waals surface area contributed by atoms with E-state index < -0.39 is 0 Å². The Morgan fingerprint density at radius 1 is 1.11 bits per heavy atom. The average Bonchev–Trinajstić information content (AvgIpc) is 3.19. The number of hydrogen-bond acceptors (Lipinski definition) is 3. The van der Waals surface area contributed by atoms with E-state index in [1.807, 2.05) is 13.8 Å². The molecule has 4 aliphatic rings. The maximum Gasteiger partial charge on any atom is 0.200 e. The summed E-state index contributed by atoms with van der Waals surface area (Å²) < 4.78 is 6.08. The summed E-state index contributed by atoms with van der Waals surface area (Å²) in [6.45, 7) is 8.79. The number of aliphatic hydroxyl groups excluding tert-OH is 1. The average molecular weight is 385 g/mol. The first-order chi connectivity index (χ1) is 13.2. The Bertz CT molecular complexity index is 792. The first-order valence-corrected chi connectivity index (χ1v) is 11.6. The second kappa shape index (κ2) is 6.20. The summed E-state index contributed by atoms with van der Waals surface area (Å²) in [6.07, 6.45) is 9.20. The molecule has 0 aliphatic heterocycles. The summed E-state index contributed by atoms with van der Waals surface area (Å²) in [5, 5.41) is 10.7. The quantitative estimate of drug-likeness (QED) is 0.691. The Kier molecular flexibility index (Phi) is 4.19. The van der Waals surface area contributed by atoms with Crippen molar-refractivity contribution in [1.82, 2.24) is 0 Å². The molecule has 3 nitrogen and oxygen atoms in total. The van der Waals surface area contributed by atoms with E-state index in [0.29, 0.717) is 23.0 Å². The second-order valence-electron chi connectivity index (χ2n) is 11.3. The van der Waals surface area contributed by atoms with Crippen LogP contribution in [0.5, 0.6) is 0 Å². The van der Waals surface area contributed by atoms with Gasteiger partial charge in [-0.2, -0.15) is 0 Å². The van der Waals surface area contributed by atoms with Crippen LogP contribution in [-0.2, 0) is 12.8 Å². The number of hydrogen-bond donors (Lipinski definition) is 1. The highest BCUT2D eigenvalue weighted by molar-refractivity contribution is 5.95. The van der Waals surface area contributed by atoms with Crippen molar-refractivity contribution in [3.05, 3.63) is 23.2 Å². The zero-order valence-electron chi connectivity index (χ0n) is 18.0. The van der Waals surface area contributed by atoms with Crippen molar-refractivity contribution in [3.63, 3.8) is 0 Å². The normalized spacial score (nSPS) is 44.6. The van der Waals surface area contributed by atoms with Crippen molar-refractivity contribution in [1.29, 1.82) is 0 Å². The number of carbonyl (C=O) groups is 1. The van der Waals surface area contributed by atoms with Crippen LogP contribution in [-0.4, -0.2) is 17.0 Å². The molecule has 0 spiro atoms. The number of ketones is 1. The Hall–Kier alpha value is -1.09. The van der Waals surface area contributed by atoms with E-state index in [2.05, 4.69) is 19.9 Å². The lowest BCUT2D eigenvalue weighted by molar-refractivity contribution is -0.112. The van der Waals surface area contributed by atoms with Gasteiger partial charge in [0.25, 0.3) is 0 Å². The number of aliphatic hydroxyl groups is 1. The largest absolute Gasteiger partial charge is 0.458 e. The zero-order chi connectivity index (χ0) is 19.8. The lowest BCUT2D eigenvalue weighted by Gasteiger charge is -2.59. The van der Waals surface area contributed by atoms with Gasteiger partial charge in [-0.3, -0.25) is 4.79 Å². The standard InChI is InChI=1S/C25H36O3/c1-14(2)23(27)21-11-15-13-25(4)16(12-20(15)28-21)5-6-17-18-7-8-22(26)24(18,3)10-9-19(17)25/h11,14,16-19,22,26H,5-10,12-13H2,1-4H3/t16-,17?,18?,19?,22-,24-,25-/m0/s1. The predicted molar refractivity (Wildman–Crippen MR) is 109 cm³/mol. The van der Waals surface area contributed by atoms with Gasteiger partial charge in [0.1, 0.15) is 5.76 Å². The second-order valence-corrected chi connectivity index (χ2v) is 11.3. The summed E-state index contributed by atoms with van der Waals surface area (Å²) in [5.41, 5.74) is 1.76. The third-order valence-corrected chi connectivity index (χ3v) is 9.68. The molecule has 3 unspecified atom stereocenters. The van der Waals surface area contributed by atoms with Crippen LogP contribution in [0.2, 0.25) is 0 Å². The molecule has 7 atom stereocenters. The molecule has 0 amide bonds. The molecule has 0 bridgehead atoms. The number of Topliss-reactive ketones (excluding diaryl/α,β-unsaturated/α-hetero) is 1. The number of fused-ring (bicyclic) bond motifs is 6. The van der Waals surface area contributed by atoms with Gasteiger partial charge in [-0.05, 0) is 91.1 Å². The third kappa shape index (κ3) is 2.47. The Labute approximate surface area is 169 Å². The summed E-state index contributed by atoms with van der Waals surface area (Å²) in [7, 11) is 0. The Morgan fingerprint density at radius 2 is 1.86 bits per heavy atom.